The fraction of sp³-hybridized carbons (Fsp3) is 0.423. The van der Waals surface area contributed by atoms with Gasteiger partial charge in [0, 0.05) is 49.7 Å². The van der Waals surface area contributed by atoms with Crippen molar-refractivity contribution in [3.05, 3.63) is 65.6 Å². The Labute approximate surface area is 189 Å². The third kappa shape index (κ3) is 4.37. The molecule has 6 heteroatoms. The number of benzene rings is 2. The van der Waals surface area contributed by atoms with E-state index in [9.17, 15) is 9.18 Å². The molecule has 1 N–H and O–H groups in total. The highest BCUT2D eigenvalue weighted by Gasteiger charge is 2.37. The molecule has 170 valence electrons. The van der Waals surface area contributed by atoms with E-state index in [1.807, 2.05) is 6.07 Å². The molecule has 0 radical (unpaired) electrons. The first-order chi connectivity index (χ1) is 15.3. The van der Waals surface area contributed by atoms with Gasteiger partial charge in [-0.1, -0.05) is 12.1 Å². The molecule has 0 atom stereocenters. The first-order valence-electron chi connectivity index (χ1n) is 11.3. The van der Waals surface area contributed by atoms with Crippen molar-refractivity contribution in [3.63, 3.8) is 0 Å². The smallest absolute Gasteiger partial charge is 0.217 e. The van der Waals surface area contributed by atoms with Gasteiger partial charge >= 0.3 is 0 Å². The molecule has 4 rings (SSSR count). The summed E-state index contributed by atoms with van der Waals surface area (Å²) in [5, 5.41) is 4.39. The molecule has 1 amide bonds. The van der Waals surface area contributed by atoms with E-state index in [0.717, 1.165) is 43.8 Å². The molecule has 3 aromatic rings. The summed E-state index contributed by atoms with van der Waals surface area (Å²) in [6.45, 7) is 8.46. The van der Waals surface area contributed by atoms with E-state index < -0.39 is 5.54 Å². The predicted molar refractivity (Wildman–Crippen MR) is 125 cm³/mol. The van der Waals surface area contributed by atoms with Crippen LogP contribution in [0.25, 0.3) is 10.9 Å². The summed E-state index contributed by atoms with van der Waals surface area (Å²) >= 11 is 0. The maximum Gasteiger partial charge on any atom is 0.217 e. The number of fused-ring (bicyclic) bond motifs is 1. The molecule has 1 aromatic heterocycles. The Morgan fingerprint density at radius 1 is 1.16 bits per heavy atom. The number of aromatic nitrogens is 1. The van der Waals surface area contributed by atoms with Crippen LogP contribution >= 0.6 is 0 Å². The lowest BCUT2D eigenvalue weighted by atomic mass is 9.80. The highest BCUT2D eigenvalue weighted by atomic mass is 19.1. The van der Waals surface area contributed by atoms with Gasteiger partial charge in [-0.3, -0.25) is 9.69 Å². The zero-order valence-corrected chi connectivity index (χ0v) is 19.3. The maximum atomic E-state index is 13.5. The van der Waals surface area contributed by atoms with Crippen LogP contribution in [-0.2, 0) is 16.9 Å². The van der Waals surface area contributed by atoms with Crippen LogP contribution in [0.1, 0.15) is 50.8 Å². The Hall–Kier alpha value is -2.86. The molecule has 2 heterocycles. The van der Waals surface area contributed by atoms with Crippen molar-refractivity contribution in [1.29, 1.82) is 0 Å². The number of hydrogen-bond acceptors (Lipinski definition) is 3. The molecular formula is C26H32FN3O2. The average molecular weight is 438 g/mol. The highest BCUT2D eigenvalue weighted by Crippen LogP contribution is 2.35. The Morgan fingerprint density at radius 2 is 1.84 bits per heavy atom. The number of carbonyl (C=O) groups excluding carboxylic acids is 1. The first kappa shape index (κ1) is 22.3. The molecule has 0 bridgehead atoms. The van der Waals surface area contributed by atoms with Crippen LogP contribution in [0.15, 0.2) is 48.7 Å². The molecule has 2 aromatic carbocycles. The van der Waals surface area contributed by atoms with E-state index in [1.54, 1.807) is 26.2 Å². The zero-order chi connectivity index (χ0) is 22.9. The van der Waals surface area contributed by atoms with Gasteiger partial charge in [-0.05, 0) is 68.1 Å². The fourth-order valence-corrected chi connectivity index (χ4v) is 4.91. The van der Waals surface area contributed by atoms with Crippen molar-refractivity contribution in [2.24, 2.45) is 0 Å². The summed E-state index contributed by atoms with van der Waals surface area (Å²) in [5.74, 6) is 0.538. The summed E-state index contributed by atoms with van der Waals surface area (Å²) in [6.07, 6.45) is 3.82. The second kappa shape index (κ2) is 8.94. The van der Waals surface area contributed by atoms with Crippen molar-refractivity contribution in [3.8, 4) is 5.75 Å². The van der Waals surface area contributed by atoms with Gasteiger partial charge < -0.3 is 14.6 Å². The fourth-order valence-electron chi connectivity index (χ4n) is 4.91. The second-order valence-electron chi connectivity index (χ2n) is 9.08. The number of piperidine rings is 1. The van der Waals surface area contributed by atoms with Gasteiger partial charge in [0.25, 0.3) is 0 Å². The Bertz CT molecular complexity index is 1100. The molecule has 32 heavy (non-hydrogen) atoms. The summed E-state index contributed by atoms with van der Waals surface area (Å²) in [7, 11) is 1.70. The van der Waals surface area contributed by atoms with Crippen LogP contribution in [0.2, 0.25) is 0 Å². The lowest BCUT2D eigenvalue weighted by Gasteiger charge is -2.42. The van der Waals surface area contributed by atoms with Crippen LogP contribution < -0.4 is 10.1 Å². The number of rotatable bonds is 6. The third-order valence-electron chi connectivity index (χ3n) is 6.59. The van der Waals surface area contributed by atoms with Crippen molar-refractivity contribution in [2.75, 3.05) is 20.2 Å². The largest absolute Gasteiger partial charge is 0.497 e. The third-order valence-corrected chi connectivity index (χ3v) is 6.59. The number of halogens is 1. The van der Waals surface area contributed by atoms with E-state index in [-0.39, 0.29) is 11.7 Å². The van der Waals surface area contributed by atoms with Crippen molar-refractivity contribution >= 4 is 16.8 Å². The van der Waals surface area contributed by atoms with E-state index in [0.29, 0.717) is 6.04 Å². The quantitative estimate of drug-likeness (QED) is 0.591. The van der Waals surface area contributed by atoms with Gasteiger partial charge in [0.05, 0.1) is 12.6 Å². The topological polar surface area (TPSA) is 46.5 Å². The minimum atomic E-state index is -0.453. The van der Waals surface area contributed by atoms with E-state index >= 15 is 0 Å². The second-order valence-corrected chi connectivity index (χ2v) is 9.08. The number of carbonyl (C=O) groups is 1. The van der Waals surface area contributed by atoms with Gasteiger partial charge in [0.1, 0.15) is 11.6 Å². The number of methoxy groups -OCH3 is 1. The van der Waals surface area contributed by atoms with Crippen LogP contribution in [0.5, 0.6) is 5.75 Å². The summed E-state index contributed by atoms with van der Waals surface area (Å²) in [4.78, 5) is 14.4. The SMILES string of the molecule is COc1ccc2c(c1)c(CN1CCC(NC(C)=O)(c3ccc(F)cc3)CC1)cn2C(C)C. The van der Waals surface area contributed by atoms with Gasteiger partial charge in [0.15, 0.2) is 0 Å². The summed E-state index contributed by atoms with van der Waals surface area (Å²) < 4.78 is 21.3. The molecule has 0 saturated carbocycles. The van der Waals surface area contributed by atoms with Crippen LogP contribution in [0.4, 0.5) is 4.39 Å². The van der Waals surface area contributed by atoms with E-state index in [4.69, 9.17) is 4.74 Å². The Kier molecular flexibility index (Phi) is 6.24. The average Bonchev–Trinajstić information content (AvgIpc) is 3.13. The van der Waals surface area contributed by atoms with Crippen LogP contribution in [-0.4, -0.2) is 35.6 Å². The summed E-state index contributed by atoms with van der Waals surface area (Å²) in [5.41, 5.74) is 3.01. The number of nitrogens with one attached hydrogen (secondary N) is 1. The molecule has 0 spiro atoms. The molecule has 1 saturated heterocycles. The van der Waals surface area contributed by atoms with Crippen molar-refractivity contribution in [2.45, 2.75) is 51.7 Å². The summed E-state index contributed by atoms with van der Waals surface area (Å²) in [6, 6.07) is 13.2. The zero-order valence-electron chi connectivity index (χ0n) is 19.3. The van der Waals surface area contributed by atoms with Gasteiger partial charge in [-0.15, -0.1) is 0 Å². The normalized spacial score (nSPS) is 16.4. The standard InChI is InChI=1S/C26H32FN3O2/c1-18(2)30-17-20(24-15-23(32-4)9-10-25(24)30)16-29-13-11-26(12-14-29,28-19(3)31)21-5-7-22(27)8-6-21/h5-10,15,17-18H,11-14,16H2,1-4H3,(H,28,31). The van der Waals surface area contributed by atoms with Crippen molar-refractivity contribution in [1.82, 2.24) is 14.8 Å². The lowest BCUT2D eigenvalue weighted by molar-refractivity contribution is -0.121. The van der Waals surface area contributed by atoms with E-state index in [2.05, 4.69) is 47.0 Å². The molecule has 1 aliphatic heterocycles. The van der Waals surface area contributed by atoms with E-state index in [1.165, 1.54) is 28.6 Å². The van der Waals surface area contributed by atoms with Crippen LogP contribution in [0.3, 0.4) is 0 Å². The molecule has 5 nitrogen and oxygen atoms in total. The number of hydrogen-bond donors (Lipinski definition) is 1. The lowest BCUT2D eigenvalue weighted by Crippen LogP contribution is -2.52. The Morgan fingerprint density at radius 3 is 2.44 bits per heavy atom. The molecule has 1 aliphatic rings. The predicted octanol–water partition coefficient (Wildman–Crippen LogP) is 5.00. The molecule has 1 fully saturated rings. The monoisotopic (exact) mass is 437 g/mol. The Balaban J connectivity index is 1.57. The number of ether oxygens (including phenoxy) is 1. The number of amides is 1. The number of nitrogens with zero attached hydrogens (tertiary/aromatic N) is 2. The van der Waals surface area contributed by atoms with Gasteiger partial charge in [-0.2, -0.15) is 0 Å². The first-order valence-corrected chi connectivity index (χ1v) is 11.3. The molecule has 0 aliphatic carbocycles. The van der Waals surface area contributed by atoms with Crippen molar-refractivity contribution < 1.29 is 13.9 Å². The number of likely N-dealkylation sites (tertiary alicyclic amines) is 1. The molecule has 0 unspecified atom stereocenters. The maximum absolute atomic E-state index is 13.5. The highest BCUT2D eigenvalue weighted by molar-refractivity contribution is 5.85. The molecular weight excluding hydrogens is 405 g/mol. The minimum absolute atomic E-state index is 0.0603. The van der Waals surface area contributed by atoms with Gasteiger partial charge in [0.2, 0.25) is 5.91 Å². The van der Waals surface area contributed by atoms with Gasteiger partial charge in [-0.25, -0.2) is 4.39 Å². The minimum Gasteiger partial charge on any atom is -0.497 e. The van der Waals surface area contributed by atoms with Crippen LogP contribution in [0, 0.1) is 5.82 Å².